The van der Waals surface area contributed by atoms with Gasteiger partial charge in [-0.05, 0) is 50.5 Å². The van der Waals surface area contributed by atoms with Crippen LogP contribution in [0.2, 0.25) is 0 Å². The third kappa shape index (κ3) is 6.01. The number of likely N-dealkylation sites (tertiary alicyclic amines) is 1. The maximum absolute atomic E-state index is 12.5. The Labute approximate surface area is 150 Å². The fraction of sp³-hybridized carbons (Fsp3) is 0.611. The Kier molecular flexibility index (Phi) is 7.25. The number of piperidine rings is 1. The van der Waals surface area contributed by atoms with E-state index in [0.717, 1.165) is 12.2 Å². The fourth-order valence-electron chi connectivity index (χ4n) is 2.89. The molecule has 7 heteroatoms. The van der Waals surface area contributed by atoms with Crippen molar-refractivity contribution in [3.05, 3.63) is 29.8 Å². The van der Waals surface area contributed by atoms with E-state index >= 15 is 0 Å². The van der Waals surface area contributed by atoms with Crippen molar-refractivity contribution in [2.24, 2.45) is 0 Å². The number of nitrogens with one attached hydrogen (secondary N) is 1. The molecule has 1 aliphatic heterocycles. The third-order valence-electron chi connectivity index (χ3n) is 4.31. The Morgan fingerprint density at radius 3 is 2.40 bits per heavy atom. The normalized spacial score (nSPS) is 16.0. The molecule has 1 saturated heterocycles. The first-order chi connectivity index (χ1) is 11.9. The molecule has 1 aliphatic rings. The molecule has 0 unspecified atom stereocenters. The average molecular weight is 368 g/mol. The number of hydrogen-bond acceptors (Lipinski definition) is 4. The summed E-state index contributed by atoms with van der Waals surface area (Å²) in [5, 5.41) is 0. The average Bonchev–Trinajstić information content (AvgIpc) is 2.61. The zero-order valence-electron chi connectivity index (χ0n) is 15.0. The molecule has 25 heavy (non-hydrogen) atoms. The molecule has 1 heterocycles. The van der Waals surface area contributed by atoms with Crippen LogP contribution in [0.1, 0.15) is 49.9 Å². The second-order valence-corrected chi connectivity index (χ2v) is 8.19. The molecule has 0 atom stereocenters. The number of hydrogen-bond donors (Lipinski definition) is 1. The van der Waals surface area contributed by atoms with Gasteiger partial charge in [0.2, 0.25) is 10.0 Å². The summed E-state index contributed by atoms with van der Waals surface area (Å²) in [5.74, 6) is 0.907. The molecule has 0 spiro atoms. The summed E-state index contributed by atoms with van der Waals surface area (Å²) < 4.78 is 32.1. The number of benzene rings is 1. The summed E-state index contributed by atoms with van der Waals surface area (Å²) in [6.45, 7) is 5.61. The number of sulfonamides is 1. The number of carbonyl (C=O) groups is 1. The molecule has 1 aromatic carbocycles. The molecule has 1 fully saturated rings. The summed E-state index contributed by atoms with van der Waals surface area (Å²) >= 11 is 0. The van der Waals surface area contributed by atoms with E-state index < -0.39 is 10.0 Å². The number of carbonyl (C=O) groups excluding carboxylic acids is 1. The van der Waals surface area contributed by atoms with Gasteiger partial charge in [0.15, 0.2) is 0 Å². The van der Waals surface area contributed by atoms with Gasteiger partial charge < -0.3 is 9.64 Å². The highest BCUT2D eigenvalue weighted by Crippen LogP contribution is 2.17. The van der Waals surface area contributed by atoms with Crippen molar-refractivity contribution in [1.29, 1.82) is 0 Å². The maximum atomic E-state index is 12.5. The zero-order chi connectivity index (χ0) is 18.3. The van der Waals surface area contributed by atoms with E-state index in [4.69, 9.17) is 4.74 Å². The molecule has 0 aliphatic carbocycles. The van der Waals surface area contributed by atoms with Crippen LogP contribution in [0.5, 0.6) is 5.75 Å². The fourth-order valence-corrected chi connectivity index (χ4v) is 4.42. The largest absolute Gasteiger partial charge is 0.494 e. The predicted molar refractivity (Wildman–Crippen MR) is 98.4 cm³/mol. The van der Waals surface area contributed by atoms with Crippen LogP contribution in [0.25, 0.3) is 0 Å². The standard InChI is InChI=1S/C18H28N2O4S/c1-3-5-14-25(22,23)19-16-10-12-20(13-11-16)18(21)15-6-8-17(9-7-15)24-4-2/h6-9,16,19H,3-5,10-14H2,1-2H3. The van der Waals surface area contributed by atoms with Gasteiger partial charge in [0.05, 0.1) is 12.4 Å². The highest BCUT2D eigenvalue weighted by molar-refractivity contribution is 7.89. The Morgan fingerprint density at radius 2 is 1.84 bits per heavy atom. The van der Waals surface area contributed by atoms with Crippen molar-refractivity contribution >= 4 is 15.9 Å². The Morgan fingerprint density at radius 1 is 1.20 bits per heavy atom. The summed E-state index contributed by atoms with van der Waals surface area (Å²) in [4.78, 5) is 14.3. The van der Waals surface area contributed by atoms with Crippen LogP contribution >= 0.6 is 0 Å². The van der Waals surface area contributed by atoms with Crippen LogP contribution < -0.4 is 9.46 Å². The monoisotopic (exact) mass is 368 g/mol. The zero-order valence-corrected chi connectivity index (χ0v) is 15.8. The van der Waals surface area contributed by atoms with E-state index in [1.807, 2.05) is 13.8 Å². The van der Waals surface area contributed by atoms with Gasteiger partial charge in [0, 0.05) is 24.7 Å². The van der Waals surface area contributed by atoms with Gasteiger partial charge in [0.25, 0.3) is 5.91 Å². The number of ether oxygens (including phenoxy) is 1. The van der Waals surface area contributed by atoms with E-state index in [2.05, 4.69) is 4.72 Å². The molecular weight excluding hydrogens is 340 g/mol. The van der Waals surface area contributed by atoms with Crippen molar-refractivity contribution in [2.75, 3.05) is 25.4 Å². The Bertz CT molecular complexity index is 650. The molecule has 0 aromatic heterocycles. The summed E-state index contributed by atoms with van der Waals surface area (Å²) in [6, 6.07) is 7.06. The number of nitrogens with zero attached hydrogens (tertiary/aromatic N) is 1. The quantitative estimate of drug-likeness (QED) is 0.764. The third-order valence-corrected chi connectivity index (χ3v) is 5.83. The van der Waals surface area contributed by atoms with E-state index in [1.54, 1.807) is 29.2 Å². The molecule has 2 rings (SSSR count). The first-order valence-electron chi connectivity index (χ1n) is 8.97. The van der Waals surface area contributed by atoms with Crippen LogP contribution in [-0.4, -0.2) is 50.7 Å². The highest BCUT2D eigenvalue weighted by atomic mass is 32.2. The minimum atomic E-state index is -3.21. The van der Waals surface area contributed by atoms with Crippen molar-refractivity contribution in [1.82, 2.24) is 9.62 Å². The maximum Gasteiger partial charge on any atom is 0.253 e. The second kappa shape index (κ2) is 9.20. The number of rotatable bonds is 8. The van der Waals surface area contributed by atoms with E-state index in [-0.39, 0.29) is 17.7 Å². The van der Waals surface area contributed by atoms with E-state index in [9.17, 15) is 13.2 Å². The lowest BCUT2D eigenvalue weighted by Gasteiger charge is -2.32. The lowest BCUT2D eigenvalue weighted by molar-refractivity contribution is 0.0711. The van der Waals surface area contributed by atoms with Gasteiger partial charge >= 0.3 is 0 Å². The van der Waals surface area contributed by atoms with Gasteiger partial charge in [-0.25, -0.2) is 13.1 Å². The highest BCUT2D eigenvalue weighted by Gasteiger charge is 2.26. The molecule has 6 nitrogen and oxygen atoms in total. The van der Waals surface area contributed by atoms with Crippen LogP contribution in [0, 0.1) is 0 Å². The number of unbranched alkanes of at least 4 members (excludes halogenated alkanes) is 1. The van der Waals surface area contributed by atoms with Crippen LogP contribution in [0.15, 0.2) is 24.3 Å². The van der Waals surface area contributed by atoms with Gasteiger partial charge in [-0.15, -0.1) is 0 Å². The van der Waals surface area contributed by atoms with Crippen molar-refractivity contribution in [3.63, 3.8) is 0 Å². The minimum Gasteiger partial charge on any atom is -0.494 e. The minimum absolute atomic E-state index is 0.0182. The first kappa shape index (κ1) is 19.7. The predicted octanol–water partition coefficient (Wildman–Crippen LogP) is 2.41. The van der Waals surface area contributed by atoms with Crippen molar-refractivity contribution in [2.45, 2.75) is 45.6 Å². The summed E-state index contributed by atoms with van der Waals surface area (Å²) in [5.41, 5.74) is 0.630. The van der Waals surface area contributed by atoms with Gasteiger partial charge in [0.1, 0.15) is 5.75 Å². The van der Waals surface area contributed by atoms with E-state index in [1.165, 1.54) is 0 Å². The Balaban J connectivity index is 1.85. The summed E-state index contributed by atoms with van der Waals surface area (Å²) in [6.07, 6.45) is 2.82. The topological polar surface area (TPSA) is 75.7 Å². The van der Waals surface area contributed by atoms with Crippen molar-refractivity contribution < 1.29 is 17.9 Å². The smallest absolute Gasteiger partial charge is 0.253 e. The van der Waals surface area contributed by atoms with Crippen LogP contribution in [-0.2, 0) is 10.0 Å². The molecule has 1 amide bonds. The lowest BCUT2D eigenvalue weighted by atomic mass is 10.0. The molecule has 0 saturated carbocycles. The molecule has 140 valence electrons. The van der Waals surface area contributed by atoms with E-state index in [0.29, 0.717) is 44.5 Å². The summed E-state index contributed by atoms with van der Waals surface area (Å²) in [7, 11) is -3.21. The van der Waals surface area contributed by atoms with Gasteiger partial charge in [-0.2, -0.15) is 0 Å². The first-order valence-corrected chi connectivity index (χ1v) is 10.6. The second-order valence-electron chi connectivity index (χ2n) is 6.31. The molecule has 1 aromatic rings. The van der Waals surface area contributed by atoms with Crippen LogP contribution in [0.3, 0.4) is 0 Å². The van der Waals surface area contributed by atoms with Crippen molar-refractivity contribution in [3.8, 4) is 5.75 Å². The lowest BCUT2D eigenvalue weighted by Crippen LogP contribution is -2.47. The molecule has 1 N–H and O–H groups in total. The Hall–Kier alpha value is -1.60. The SMILES string of the molecule is CCCCS(=O)(=O)NC1CCN(C(=O)c2ccc(OCC)cc2)CC1. The van der Waals surface area contributed by atoms with Gasteiger partial charge in [-0.1, -0.05) is 13.3 Å². The number of amides is 1. The molecule has 0 bridgehead atoms. The molecular formula is C18H28N2O4S. The van der Waals surface area contributed by atoms with Crippen LogP contribution in [0.4, 0.5) is 0 Å². The van der Waals surface area contributed by atoms with Gasteiger partial charge in [-0.3, -0.25) is 4.79 Å². The molecule has 0 radical (unpaired) electrons.